The molecule has 120 valence electrons. The van der Waals surface area contributed by atoms with Crippen molar-refractivity contribution in [1.82, 2.24) is 5.32 Å². The third-order valence-electron chi connectivity index (χ3n) is 3.79. The molecule has 0 heterocycles. The summed E-state index contributed by atoms with van der Waals surface area (Å²) in [5.74, 6) is 1.52. The van der Waals surface area contributed by atoms with Crippen LogP contribution >= 0.6 is 0 Å². The molecule has 1 rings (SSSR count). The van der Waals surface area contributed by atoms with Crippen LogP contribution in [-0.4, -0.2) is 13.1 Å². The second kappa shape index (κ2) is 10.8. The maximum atomic E-state index is 3.52. The van der Waals surface area contributed by atoms with E-state index in [1.807, 2.05) is 0 Å². The number of aryl methyl sites for hydroxylation is 1. The number of unbranched alkanes of at least 4 members (excludes halogenated alkanes) is 3. The minimum atomic E-state index is 0.750. The fourth-order valence-corrected chi connectivity index (χ4v) is 2.64. The molecule has 0 saturated carbocycles. The normalized spacial score (nSPS) is 11.5. The van der Waals surface area contributed by atoms with Crippen molar-refractivity contribution >= 4 is 0 Å². The van der Waals surface area contributed by atoms with Gasteiger partial charge in [-0.15, -0.1) is 0 Å². The average Bonchev–Trinajstić information content (AvgIpc) is 2.42. The van der Waals surface area contributed by atoms with Crippen LogP contribution < -0.4 is 5.32 Å². The second-order valence-electron chi connectivity index (χ2n) is 7.18. The van der Waals surface area contributed by atoms with E-state index in [1.54, 1.807) is 0 Å². The van der Waals surface area contributed by atoms with Gasteiger partial charge in [0.15, 0.2) is 0 Å². The zero-order valence-corrected chi connectivity index (χ0v) is 14.6. The molecule has 1 heteroatoms. The molecule has 0 saturated heterocycles. The standard InChI is InChI=1S/C20H35N/c1-17(2)15-20-12-10-19(11-13-20)9-7-5-6-8-14-21-16-18(3)4/h10-13,17-18,21H,5-9,14-16H2,1-4H3. The van der Waals surface area contributed by atoms with Crippen molar-refractivity contribution in [3.63, 3.8) is 0 Å². The monoisotopic (exact) mass is 289 g/mol. The Morgan fingerprint density at radius 1 is 0.762 bits per heavy atom. The molecule has 0 bridgehead atoms. The third-order valence-corrected chi connectivity index (χ3v) is 3.79. The topological polar surface area (TPSA) is 12.0 Å². The molecule has 0 radical (unpaired) electrons. The minimum Gasteiger partial charge on any atom is -0.316 e. The molecule has 1 nitrogen and oxygen atoms in total. The summed E-state index contributed by atoms with van der Waals surface area (Å²) in [4.78, 5) is 0. The van der Waals surface area contributed by atoms with E-state index >= 15 is 0 Å². The summed E-state index contributed by atoms with van der Waals surface area (Å²) in [7, 11) is 0. The van der Waals surface area contributed by atoms with Crippen molar-refractivity contribution in [2.75, 3.05) is 13.1 Å². The second-order valence-corrected chi connectivity index (χ2v) is 7.18. The quantitative estimate of drug-likeness (QED) is 0.550. The molecule has 1 N–H and O–H groups in total. The van der Waals surface area contributed by atoms with Gasteiger partial charge >= 0.3 is 0 Å². The highest BCUT2D eigenvalue weighted by Gasteiger charge is 1.99. The van der Waals surface area contributed by atoms with Crippen LogP contribution in [0.5, 0.6) is 0 Å². The number of rotatable bonds is 11. The zero-order valence-electron chi connectivity index (χ0n) is 14.6. The first-order valence-electron chi connectivity index (χ1n) is 8.86. The molecule has 0 spiro atoms. The van der Waals surface area contributed by atoms with Crippen LogP contribution in [0.3, 0.4) is 0 Å². The van der Waals surface area contributed by atoms with E-state index in [4.69, 9.17) is 0 Å². The van der Waals surface area contributed by atoms with E-state index in [9.17, 15) is 0 Å². The van der Waals surface area contributed by atoms with Crippen LogP contribution in [0.2, 0.25) is 0 Å². The summed E-state index contributed by atoms with van der Waals surface area (Å²) in [6, 6.07) is 9.26. The molecule has 0 aromatic heterocycles. The van der Waals surface area contributed by atoms with E-state index in [0.717, 1.165) is 18.4 Å². The lowest BCUT2D eigenvalue weighted by Crippen LogP contribution is -2.20. The van der Waals surface area contributed by atoms with Crippen molar-refractivity contribution in [3.05, 3.63) is 35.4 Å². The highest BCUT2D eigenvalue weighted by Crippen LogP contribution is 2.12. The van der Waals surface area contributed by atoms with Crippen LogP contribution in [0, 0.1) is 11.8 Å². The zero-order chi connectivity index (χ0) is 15.5. The molecule has 21 heavy (non-hydrogen) atoms. The molecule has 0 amide bonds. The van der Waals surface area contributed by atoms with Gasteiger partial charge in [0.25, 0.3) is 0 Å². The van der Waals surface area contributed by atoms with Crippen LogP contribution in [0.4, 0.5) is 0 Å². The number of hydrogen-bond acceptors (Lipinski definition) is 1. The van der Waals surface area contributed by atoms with Gasteiger partial charge in [0.1, 0.15) is 0 Å². The summed E-state index contributed by atoms with van der Waals surface area (Å²) in [5, 5.41) is 3.52. The van der Waals surface area contributed by atoms with Gasteiger partial charge in [-0.3, -0.25) is 0 Å². The van der Waals surface area contributed by atoms with Gasteiger partial charge in [0.05, 0.1) is 0 Å². The Hall–Kier alpha value is -0.820. The number of hydrogen-bond donors (Lipinski definition) is 1. The maximum Gasteiger partial charge on any atom is -0.00258 e. The van der Waals surface area contributed by atoms with Crippen LogP contribution in [-0.2, 0) is 12.8 Å². The summed E-state index contributed by atoms with van der Waals surface area (Å²) < 4.78 is 0. The smallest absolute Gasteiger partial charge is 0.00258 e. The molecule has 1 aromatic rings. The molecule has 0 unspecified atom stereocenters. The van der Waals surface area contributed by atoms with Gasteiger partial charge in [-0.25, -0.2) is 0 Å². The van der Waals surface area contributed by atoms with Gasteiger partial charge in [-0.1, -0.05) is 64.8 Å². The number of benzene rings is 1. The lowest BCUT2D eigenvalue weighted by Gasteiger charge is -2.08. The molecule has 0 aliphatic rings. The van der Waals surface area contributed by atoms with Crippen molar-refractivity contribution in [3.8, 4) is 0 Å². The Kier molecular flexibility index (Phi) is 9.41. The summed E-state index contributed by atoms with van der Waals surface area (Å²) in [6.45, 7) is 11.4. The fraction of sp³-hybridized carbons (Fsp3) is 0.700. The molecular weight excluding hydrogens is 254 g/mol. The summed E-state index contributed by atoms with van der Waals surface area (Å²) >= 11 is 0. The van der Waals surface area contributed by atoms with E-state index in [2.05, 4.69) is 57.3 Å². The van der Waals surface area contributed by atoms with Crippen molar-refractivity contribution in [2.24, 2.45) is 11.8 Å². The van der Waals surface area contributed by atoms with E-state index in [1.165, 1.54) is 56.2 Å². The van der Waals surface area contributed by atoms with Gasteiger partial charge in [-0.05, 0) is 61.7 Å². The lowest BCUT2D eigenvalue weighted by molar-refractivity contribution is 0.526. The largest absolute Gasteiger partial charge is 0.316 e. The molecule has 0 aliphatic carbocycles. The Morgan fingerprint density at radius 3 is 2.00 bits per heavy atom. The maximum absolute atomic E-state index is 3.52. The fourth-order valence-electron chi connectivity index (χ4n) is 2.64. The van der Waals surface area contributed by atoms with Crippen LogP contribution in [0.25, 0.3) is 0 Å². The first-order chi connectivity index (χ1) is 10.1. The van der Waals surface area contributed by atoms with Crippen molar-refractivity contribution in [1.29, 1.82) is 0 Å². The Balaban J connectivity index is 2.05. The Bertz CT molecular complexity index is 351. The SMILES string of the molecule is CC(C)CNCCCCCCc1ccc(CC(C)C)cc1. The molecule has 0 atom stereocenters. The third kappa shape index (κ3) is 9.68. The molecular formula is C20H35N. The average molecular weight is 290 g/mol. The lowest BCUT2D eigenvalue weighted by atomic mass is 10.00. The van der Waals surface area contributed by atoms with Crippen molar-refractivity contribution < 1.29 is 0 Å². The van der Waals surface area contributed by atoms with Crippen LogP contribution in [0.1, 0.15) is 64.5 Å². The van der Waals surface area contributed by atoms with Gasteiger partial charge in [0.2, 0.25) is 0 Å². The van der Waals surface area contributed by atoms with E-state index in [0.29, 0.717) is 0 Å². The summed E-state index contributed by atoms with van der Waals surface area (Å²) in [5.41, 5.74) is 2.98. The molecule has 0 aliphatic heterocycles. The predicted octanol–water partition coefficient (Wildman–Crippen LogP) is 5.23. The Morgan fingerprint density at radius 2 is 1.38 bits per heavy atom. The highest BCUT2D eigenvalue weighted by atomic mass is 14.8. The highest BCUT2D eigenvalue weighted by molar-refractivity contribution is 5.22. The molecule has 1 aromatic carbocycles. The number of nitrogens with one attached hydrogen (secondary N) is 1. The first-order valence-corrected chi connectivity index (χ1v) is 8.86. The first kappa shape index (κ1) is 18.2. The predicted molar refractivity (Wildman–Crippen MR) is 94.9 cm³/mol. The van der Waals surface area contributed by atoms with Gasteiger partial charge in [0, 0.05) is 0 Å². The molecule has 0 fully saturated rings. The Labute approximate surface area is 132 Å². The van der Waals surface area contributed by atoms with Crippen molar-refractivity contribution in [2.45, 2.75) is 66.2 Å². The van der Waals surface area contributed by atoms with Gasteiger partial charge in [-0.2, -0.15) is 0 Å². The van der Waals surface area contributed by atoms with Crippen LogP contribution in [0.15, 0.2) is 24.3 Å². The van der Waals surface area contributed by atoms with E-state index < -0.39 is 0 Å². The summed E-state index contributed by atoms with van der Waals surface area (Å²) in [6.07, 6.45) is 7.80. The van der Waals surface area contributed by atoms with E-state index in [-0.39, 0.29) is 0 Å². The minimum absolute atomic E-state index is 0.750. The van der Waals surface area contributed by atoms with Gasteiger partial charge < -0.3 is 5.32 Å².